The summed E-state index contributed by atoms with van der Waals surface area (Å²) in [5.41, 5.74) is 11.7. The van der Waals surface area contributed by atoms with Crippen LogP contribution in [0, 0.1) is 6.92 Å². The van der Waals surface area contributed by atoms with Crippen molar-refractivity contribution in [1.82, 2.24) is 4.98 Å². The van der Waals surface area contributed by atoms with Gasteiger partial charge in [0.15, 0.2) is 0 Å². The zero-order chi connectivity index (χ0) is 12.6. The highest BCUT2D eigenvalue weighted by Gasteiger charge is 2.33. The summed E-state index contributed by atoms with van der Waals surface area (Å²) in [6.07, 6.45) is 6.73. The number of rotatable bonds is 1. The lowest BCUT2D eigenvalue weighted by molar-refractivity contribution is 0.382. The van der Waals surface area contributed by atoms with E-state index in [1.807, 2.05) is 18.5 Å². The molecule has 0 aliphatic heterocycles. The zero-order valence-corrected chi connectivity index (χ0v) is 10.7. The van der Waals surface area contributed by atoms with Gasteiger partial charge in [-0.25, -0.2) is 0 Å². The summed E-state index contributed by atoms with van der Waals surface area (Å²) < 4.78 is 0. The Morgan fingerprint density at radius 1 is 1.17 bits per heavy atom. The Labute approximate surface area is 108 Å². The Balaban J connectivity index is 2.02. The van der Waals surface area contributed by atoms with Gasteiger partial charge in [0.25, 0.3) is 0 Å². The van der Waals surface area contributed by atoms with E-state index < -0.39 is 0 Å². The van der Waals surface area contributed by atoms with Crippen molar-refractivity contribution in [3.63, 3.8) is 0 Å². The summed E-state index contributed by atoms with van der Waals surface area (Å²) in [4.78, 5) is 4.24. The zero-order valence-electron chi connectivity index (χ0n) is 10.7. The molecule has 1 aliphatic rings. The number of aromatic nitrogens is 1. The summed E-state index contributed by atoms with van der Waals surface area (Å²) in [6.45, 7) is 2.12. The van der Waals surface area contributed by atoms with Crippen molar-refractivity contribution < 1.29 is 0 Å². The fourth-order valence-corrected chi connectivity index (χ4v) is 2.97. The van der Waals surface area contributed by atoms with E-state index in [0.717, 1.165) is 19.3 Å². The predicted molar refractivity (Wildman–Crippen MR) is 73.3 cm³/mol. The molecule has 1 aromatic heterocycles. The molecule has 3 rings (SSSR count). The van der Waals surface area contributed by atoms with Gasteiger partial charge in [-0.3, -0.25) is 4.98 Å². The van der Waals surface area contributed by atoms with E-state index in [-0.39, 0.29) is 5.54 Å². The Kier molecular flexibility index (Phi) is 2.67. The second-order valence-electron chi connectivity index (χ2n) is 5.29. The molecule has 92 valence electrons. The van der Waals surface area contributed by atoms with Crippen LogP contribution < -0.4 is 5.73 Å². The third-order valence-electron chi connectivity index (χ3n) is 4.04. The molecule has 1 heterocycles. The van der Waals surface area contributed by atoms with Crippen LogP contribution in [0.15, 0.2) is 42.7 Å². The topological polar surface area (TPSA) is 38.9 Å². The second kappa shape index (κ2) is 4.21. The molecule has 2 aromatic rings. The first-order valence-corrected chi connectivity index (χ1v) is 6.46. The van der Waals surface area contributed by atoms with Gasteiger partial charge in [-0.15, -0.1) is 0 Å². The highest BCUT2D eigenvalue weighted by molar-refractivity contribution is 5.38. The molecular formula is C16H18N2. The normalized spacial score (nSPS) is 22.6. The Hall–Kier alpha value is -1.67. The molecule has 1 atom stereocenters. The first kappa shape index (κ1) is 11.4. The number of benzene rings is 1. The molecule has 2 heteroatoms. The lowest BCUT2D eigenvalue weighted by atomic mass is 9.74. The van der Waals surface area contributed by atoms with Gasteiger partial charge >= 0.3 is 0 Å². The van der Waals surface area contributed by atoms with E-state index in [1.54, 1.807) is 0 Å². The van der Waals surface area contributed by atoms with Gasteiger partial charge in [0.05, 0.1) is 0 Å². The maximum absolute atomic E-state index is 6.66. The minimum atomic E-state index is -0.257. The maximum Gasteiger partial charge on any atom is 0.0471 e. The van der Waals surface area contributed by atoms with E-state index in [4.69, 9.17) is 5.73 Å². The fourth-order valence-electron chi connectivity index (χ4n) is 2.97. The van der Waals surface area contributed by atoms with Crippen molar-refractivity contribution in [2.45, 2.75) is 31.7 Å². The second-order valence-corrected chi connectivity index (χ2v) is 5.29. The summed E-state index contributed by atoms with van der Waals surface area (Å²) >= 11 is 0. The number of nitrogens with zero attached hydrogens (tertiary/aromatic N) is 1. The third-order valence-corrected chi connectivity index (χ3v) is 4.04. The van der Waals surface area contributed by atoms with Gasteiger partial charge < -0.3 is 5.73 Å². The number of fused-ring (bicyclic) bond motifs is 1. The lowest BCUT2D eigenvalue weighted by Crippen LogP contribution is -2.42. The van der Waals surface area contributed by atoms with E-state index >= 15 is 0 Å². The first-order chi connectivity index (χ1) is 8.69. The quantitative estimate of drug-likeness (QED) is 0.829. The molecule has 2 nitrogen and oxygen atoms in total. The number of hydrogen-bond acceptors (Lipinski definition) is 2. The maximum atomic E-state index is 6.66. The summed E-state index contributed by atoms with van der Waals surface area (Å²) in [6, 6.07) is 10.7. The SMILES string of the molecule is Cc1ccncc1C1(N)CCc2ccccc2C1. The van der Waals surface area contributed by atoms with Gasteiger partial charge in [0, 0.05) is 17.9 Å². The van der Waals surface area contributed by atoms with Gasteiger partial charge in [-0.05, 0) is 54.5 Å². The third kappa shape index (κ3) is 1.83. The van der Waals surface area contributed by atoms with Crippen molar-refractivity contribution in [3.05, 3.63) is 65.0 Å². The number of aryl methyl sites for hydroxylation is 2. The standard InChI is InChI=1S/C16H18N2/c1-12-7-9-18-11-15(12)16(17)8-6-13-4-2-3-5-14(13)10-16/h2-5,7,9,11H,6,8,10,17H2,1H3. The Morgan fingerprint density at radius 3 is 2.72 bits per heavy atom. The first-order valence-electron chi connectivity index (χ1n) is 6.46. The molecular weight excluding hydrogens is 220 g/mol. The van der Waals surface area contributed by atoms with Crippen LogP contribution in [0.1, 0.15) is 28.7 Å². The highest BCUT2D eigenvalue weighted by Crippen LogP contribution is 2.35. The lowest BCUT2D eigenvalue weighted by Gasteiger charge is -2.36. The van der Waals surface area contributed by atoms with Crippen LogP contribution >= 0.6 is 0 Å². The van der Waals surface area contributed by atoms with Gasteiger partial charge in [-0.1, -0.05) is 24.3 Å². The van der Waals surface area contributed by atoms with E-state index in [2.05, 4.69) is 36.2 Å². The van der Waals surface area contributed by atoms with E-state index in [0.29, 0.717) is 0 Å². The van der Waals surface area contributed by atoms with Crippen LogP contribution in [0.3, 0.4) is 0 Å². The van der Waals surface area contributed by atoms with Crippen molar-refractivity contribution in [2.24, 2.45) is 5.73 Å². The summed E-state index contributed by atoms with van der Waals surface area (Å²) in [5.74, 6) is 0. The van der Waals surface area contributed by atoms with Crippen LogP contribution in [-0.2, 0) is 18.4 Å². The average Bonchev–Trinajstić information content (AvgIpc) is 2.39. The molecule has 1 aromatic carbocycles. The van der Waals surface area contributed by atoms with Crippen LogP contribution in [-0.4, -0.2) is 4.98 Å². The minimum absolute atomic E-state index is 0.257. The van der Waals surface area contributed by atoms with Crippen molar-refractivity contribution in [1.29, 1.82) is 0 Å². The Morgan fingerprint density at radius 2 is 1.94 bits per heavy atom. The number of pyridine rings is 1. The fraction of sp³-hybridized carbons (Fsp3) is 0.312. The van der Waals surface area contributed by atoms with Crippen LogP contribution in [0.4, 0.5) is 0 Å². The van der Waals surface area contributed by atoms with Gasteiger partial charge in [-0.2, -0.15) is 0 Å². The van der Waals surface area contributed by atoms with E-state index in [1.165, 1.54) is 22.3 Å². The largest absolute Gasteiger partial charge is 0.321 e. The number of hydrogen-bond donors (Lipinski definition) is 1. The molecule has 0 saturated carbocycles. The van der Waals surface area contributed by atoms with Gasteiger partial charge in [0.2, 0.25) is 0 Å². The average molecular weight is 238 g/mol. The van der Waals surface area contributed by atoms with Crippen LogP contribution in [0.25, 0.3) is 0 Å². The molecule has 0 radical (unpaired) electrons. The molecule has 0 bridgehead atoms. The number of nitrogens with two attached hydrogens (primary N) is 1. The molecule has 0 spiro atoms. The van der Waals surface area contributed by atoms with E-state index in [9.17, 15) is 0 Å². The van der Waals surface area contributed by atoms with Crippen LogP contribution in [0.5, 0.6) is 0 Å². The van der Waals surface area contributed by atoms with Crippen molar-refractivity contribution in [2.75, 3.05) is 0 Å². The smallest absolute Gasteiger partial charge is 0.0471 e. The monoisotopic (exact) mass is 238 g/mol. The molecule has 0 fully saturated rings. The molecule has 1 unspecified atom stereocenters. The molecule has 18 heavy (non-hydrogen) atoms. The van der Waals surface area contributed by atoms with Crippen LogP contribution in [0.2, 0.25) is 0 Å². The highest BCUT2D eigenvalue weighted by atomic mass is 14.8. The molecule has 0 amide bonds. The molecule has 1 aliphatic carbocycles. The van der Waals surface area contributed by atoms with Crippen molar-refractivity contribution in [3.8, 4) is 0 Å². The van der Waals surface area contributed by atoms with Crippen molar-refractivity contribution >= 4 is 0 Å². The minimum Gasteiger partial charge on any atom is -0.321 e. The predicted octanol–water partition coefficient (Wildman–Crippen LogP) is 2.73. The molecule has 2 N–H and O–H groups in total. The molecule has 0 saturated heterocycles. The summed E-state index contributed by atoms with van der Waals surface area (Å²) in [7, 11) is 0. The summed E-state index contributed by atoms with van der Waals surface area (Å²) in [5, 5.41) is 0. The van der Waals surface area contributed by atoms with Gasteiger partial charge in [0.1, 0.15) is 0 Å². The Bertz CT molecular complexity index is 577.